The van der Waals surface area contributed by atoms with Gasteiger partial charge in [0.25, 0.3) is 0 Å². The van der Waals surface area contributed by atoms with Gasteiger partial charge in [-0.3, -0.25) is 4.79 Å². The fourth-order valence-electron chi connectivity index (χ4n) is 1.90. The molecule has 2 aliphatic rings. The number of hydrogen-bond acceptors (Lipinski definition) is 3. The number of rotatable bonds is 3. The van der Waals surface area contributed by atoms with Crippen LogP contribution in [0.4, 0.5) is 0 Å². The average molecular weight is 170 g/mol. The fraction of sp³-hybridized carbons (Fsp3) is 0.875. The summed E-state index contributed by atoms with van der Waals surface area (Å²) in [4.78, 5) is 12.7. The van der Waals surface area contributed by atoms with Crippen LogP contribution in [0, 0.1) is 5.41 Å². The van der Waals surface area contributed by atoms with Crippen LogP contribution in [-0.4, -0.2) is 43.7 Å². The number of primary amides is 1. The van der Waals surface area contributed by atoms with E-state index in [1.807, 2.05) is 0 Å². The summed E-state index contributed by atoms with van der Waals surface area (Å²) in [7, 11) is 0. The number of ether oxygens (including phenoxy) is 1. The number of nitrogens with two attached hydrogens (primary N) is 1. The zero-order chi connectivity index (χ0) is 8.60. The molecule has 2 rings (SSSR count). The topological polar surface area (TPSA) is 55.6 Å². The van der Waals surface area contributed by atoms with E-state index >= 15 is 0 Å². The van der Waals surface area contributed by atoms with E-state index in [4.69, 9.17) is 10.5 Å². The number of carbonyl (C=O) groups is 1. The molecule has 2 saturated heterocycles. The summed E-state index contributed by atoms with van der Waals surface area (Å²) < 4.78 is 5.14. The second-order valence-electron chi connectivity index (χ2n) is 3.92. The van der Waals surface area contributed by atoms with Gasteiger partial charge in [-0.25, -0.2) is 0 Å². The van der Waals surface area contributed by atoms with Gasteiger partial charge in [0.15, 0.2) is 0 Å². The van der Waals surface area contributed by atoms with Crippen LogP contribution in [0.15, 0.2) is 0 Å². The molecular formula is C8H14N2O2. The van der Waals surface area contributed by atoms with Crippen LogP contribution in [-0.2, 0) is 9.53 Å². The molecule has 0 unspecified atom stereocenters. The molecule has 0 saturated carbocycles. The first-order valence-corrected chi connectivity index (χ1v) is 4.29. The molecule has 0 aromatic carbocycles. The van der Waals surface area contributed by atoms with Gasteiger partial charge >= 0.3 is 0 Å². The minimum Gasteiger partial charge on any atom is -0.380 e. The third-order valence-electron chi connectivity index (χ3n) is 2.61. The standard InChI is InChI=1S/C8H14N2O2/c9-7(11)1-2-10-3-8(4-10)5-12-6-8/h1-6H2,(H2,9,11). The van der Waals surface area contributed by atoms with Crippen LogP contribution in [0.3, 0.4) is 0 Å². The maximum atomic E-state index is 10.5. The highest BCUT2D eigenvalue weighted by molar-refractivity contribution is 5.73. The Hall–Kier alpha value is -0.610. The maximum Gasteiger partial charge on any atom is 0.218 e. The number of nitrogens with zero attached hydrogens (tertiary/aromatic N) is 1. The molecule has 1 spiro atoms. The molecule has 2 N–H and O–H groups in total. The van der Waals surface area contributed by atoms with Crippen molar-refractivity contribution in [2.45, 2.75) is 6.42 Å². The van der Waals surface area contributed by atoms with Crippen molar-refractivity contribution in [2.75, 3.05) is 32.8 Å². The normalized spacial score (nSPS) is 26.3. The zero-order valence-corrected chi connectivity index (χ0v) is 7.08. The van der Waals surface area contributed by atoms with E-state index in [2.05, 4.69) is 4.90 Å². The predicted molar refractivity (Wildman–Crippen MR) is 43.5 cm³/mol. The highest BCUT2D eigenvalue weighted by Crippen LogP contribution is 2.37. The third-order valence-corrected chi connectivity index (χ3v) is 2.61. The van der Waals surface area contributed by atoms with Crippen LogP contribution < -0.4 is 5.73 Å². The smallest absolute Gasteiger partial charge is 0.218 e. The summed E-state index contributed by atoms with van der Waals surface area (Å²) >= 11 is 0. The van der Waals surface area contributed by atoms with E-state index in [0.717, 1.165) is 32.8 Å². The van der Waals surface area contributed by atoms with Crippen molar-refractivity contribution in [3.63, 3.8) is 0 Å². The van der Waals surface area contributed by atoms with E-state index in [-0.39, 0.29) is 5.91 Å². The highest BCUT2D eigenvalue weighted by atomic mass is 16.5. The van der Waals surface area contributed by atoms with Crippen LogP contribution in [0.2, 0.25) is 0 Å². The Balaban J connectivity index is 1.64. The van der Waals surface area contributed by atoms with Gasteiger partial charge in [0.1, 0.15) is 0 Å². The Morgan fingerprint density at radius 2 is 2.17 bits per heavy atom. The van der Waals surface area contributed by atoms with E-state index in [1.165, 1.54) is 0 Å². The number of likely N-dealkylation sites (tertiary alicyclic amines) is 1. The molecule has 0 radical (unpaired) electrons. The van der Waals surface area contributed by atoms with Crippen LogP contribution in [0.1, 0.15) is 6.42 Å². The minimum atomic E-state index is -0.208. The van der Waals surface area contributed by atoms with Gasteiger partial charge in [0.2, 0.25) is 5.91 Å². The molecule has 2 aliphatic heterocycles. The monoisotopic (exact) mass is 170 g/mol. The van der Waals surface area contributed by atoms with Gasteiger partial charge in [-0.05, 0) is 0 Å². The zero-order valence-electron chi connectivity index (χ0n) is 7.08. The quantitative estimate of drug-likeness (QED) is 0.603. The lowest BCUT2D eigenvalue weighted by molar-refractivity contribution is -0.188. The maximum absolute atomic E-state index is 10.5. The molecule has 0 atom stereocenters. The van der Waals surface area contributed by atoms with E-state index in [9.17, 15) is 4.79 Å². The first-order valence-electron chi connectivity index (χ1n) is 4.29. The molecule has 4 heteroatoms. The number of carbonyl (C=O) groups excluding carboxylic acids is 1. The molecule has 2 heterocycles. The van der Waals surface area contributed by atoms with Crippen molar-refractivity contribution in [3.8, 4) is 0 Å². The summed E-state index contributed by atoms with van der Waals surface area (Å²) in [5.41, 5.74) is 5.50. The van der Waals surface area contributed by atoms with Gasteiger partial charge in [0, 0.05) is 31.5 Å². The summed E-state index contributed by atoms with van der Waals surface area (Å²) in [5.74, 6) is -0.208. The molecular weight excluding hydrogens is 156 g/mol. The Kier molecular flexibility index (Phi) is 1.81. The summed E-state index contributed by atoms with van der Waals surface area (Å²) in [6.07, 6.45) is 0.483. The van der Waals surface area contributed by atoms with Gasteiger partial charge in [0.05, 0.1) is 13.2 Å². The van der Waals surface area contributed by atoms with Gasteiger partial charge < -0.3 is 15.4 Å². The van der Waals surface area contributed by atoms with Crippen molar-refractivity contribution >= 4 is 5.91 Å². The van der Waals surface area contributed by atoms with Gasteiger partial charge in [-0.15, -0.1) is 0 Å². The molecule has 2 fully saturated rings. The Morgan fingerprint density at radius 1 is 1.50 bits per heavy atom. The van der Waals surface area contributed by atoms with Crippen molar-refractivity contribution in [3.05, 3.63) is 0 Å². The van der Waals surface area contributed by atoms with Crippen LogP contribution in [0.25, 0.3) is 0 Å². The molecule has 1 amide bonds. The number of amides is 1. The molecule has 0 aromatic heterocycles. The van der Waals surface area contributed by atoms with Crippen molar-refractivity contribution in [1.29, 1.82) is 0 Å². The molecule has 12 heavy (non-hydrogen) atoms. The Bertz CT molecular complexity index is 193. The van der Waals surface area contributed by atoms with Crippen LogP contribution in [0.5, 0.6) is 0 Å². The van der Waals surface area contributed by atoms with Crippen molar-refractivity contribution < 1.29 is 9.53 Å². The molecule has 0 aliphatic carbocycles. The lowest BCUT2D eigenvalue weighted by Gasteiger charge is -2.55. The number of hydrogen-bond donors (Lipinski definition) is 1. The predicted octanol–water partition coefficient (Wildman–Crippen LogP) is -0.806. The van der Waals surface area contributed by atoms with E-state index in [0.29, 0.717) is 11.8 Å². The van der Waals surface area contributed by atoms with E-state index in [1.54, 1.807) is 0 Å². The van der Waals surface area contributed by atoms with Gasteiger partial charge in [-0.2, -0.15) is 0 Å². The minimum absolute atomic E-state index is 0.208. The summed E-state index contributed by atoms with van der Waals surface area (Å²) in [5, 5.41) is 0. The Labute approximate surface area is 71.7 Å². The summed E-state index contributed by atoms with van der Waals surface area (Å²) in [6, 6.07) is 0. The summed E-state index contributed by atoms with van der Waals surface area (Å²) in [6.45, 7) is 4.79. The molecule has 4 nitrogen and oxygen atoms in total. The largest absolute Gasteiger partial charge is 0.380 e. The second kappa shape index (κ2) is 2.71. The fourth-order valence-corrected chi connectivity index (χ4v) is 1.90. The lowest BCUT2D eigenvalue weighted by Crippen LogP contribution is -2.66. The first kappa shape index (κ1) is 8.01. The van der Waals surface area contributed by atoms with Gasteiger partial charge in [-0.1, -0.05) is 0 Å². The molecule has 68 valence electrons. The first-order chi connectivity index (χ1) is 5.70. The highest BCUT2D eigenvalue weighted by Gasteiger charge is 2.48. The molecule has 0 bridgehead atoms. The lowest BCUT2D eigenvalue weighted by atomic mass is 9.78. The van der Waals surface area contributed by atoms with Crippen molar-refractivity contribution in [2.24, 2.45) is 11.1 Å². The third kappa shape index (κ3) is 1.32. The second-order valence-corrected chi connectivity index (χ2v) is 3.92. The van der Waals surface area contributed by atoms with E-state index < -0.39 is 0 Å². The van der Waals surface area contributed by atoms with Crippen molar-refractivity contribution in [1.82, 2.24) is 4.90 Å². The Morgan fingerprint density at radius 3 is 2.58 bits per heavy atom. The molecule has 0 aromatic rings. The average Bonchev–Trinajstić information content (AvgIpc) is 1.79. The van der Waals surface area contributed by atoms with Crippen LogP contribution >= 0.6 is 0 Å². The SMILES string of the molecule is NC(=O)CCN1CC2(COC2)C1.